The zero-order chi connectivity index (χ0) is 18.1. The van der Waals surface area contributed by atoms with Crippen LogP contribution >= 0.6 is 27.3 Å². The van der Waals surface area contributed by atoms with Crippen molar-refractivity contribution in [2.24, 2.45) is 0 Å². The van der Waals surface area contributed by atoms with Gasteiger partial charge >= 0.3 is 0 Å². The maximum absolute atomic E-state index is 12.9. The van der Waals surface area contributed by atoms with Gasteiger partial charge in [-0.25, -0.2) is 4.98 Å². The second-order valence-electron chi connectivity index (χ2n) is 6.43. The van der Waals surface area contributed by atoms with E-state index >= 15 is 0 Å². The van der Waals surface area contributed by atoms with Crippen LogP contribution < -0.4 is 9.64 Å². The molecule has 0 saturated carbocycles. The van der Waals surface area contributed by atoms with Crippen LogP contribution in [0.2, 0.25) is 0 Å². The van der Waals surface area contributed by atoms with Crippen molar-refractivity contribution in [3.63, 3.8) is 0 Å². The molecule has 0 spiro atoms. The number of halogens is 1. The monoisotopic (exact) mass is 435 g/mol. The molecular formula is C18H18BrN3O3S. The second-order valence-corrected chi connectivity index (χ2v) is 8.27. The lowest BCUT2D eigenvalue weighted by Crippen LogP contribution is -2.48. The molecule has 2 aromatic rings. The van der Waals surface area contributed by atoms with Crippen molar-refractivity contribution >= 4 is 44.8 Å². The minimum absolute atomic E-state index is 0.0321. The molecule has 0 radical (unpaired) electrons. The van der Waals surface area contributed by atoms with Crippen LogP contribution in [-0.2, 0) is 9.59 Å². The number of carbonyl (C=O) groups excluding carboxylic acids is 2. The Kier molecular flexibility index (Phi) is 4.95. The number of aromatic nitrogens is 1. The Balaban J connectivity index is 1.48. The number of anilines is 1. The van der Waals surface area contributed by atoms with E-state index in [1.807, 2.05) is 28.6 Å². The maximum Gasteiger partial charge on any atom is 0.265 e. The van der Waals surface area contributed by atoms with Gasteiger partial charge in [0, 0.05) is 35.1 Å². The summed E-state index contributed by atoms with van der Waals surface area (Å²) in [5.74, 6) is 0.680. The van der Waals surface area contributed by atoms with Gasteiger partial charge in [0.05, 0.1) is 10.7 Å². The van der Waals surface area contributed by atoms with Crippen molar-refractivity contribution in [2.75, 3.05) is 31.1 Å². The molecule has 0 N–H and O–H groups in total. The number of ether oxygens (including phenoxy) is 1. The van der Waals surface area contributed by atoms with Gasteiger partial charge in [-0.3, -0.25) is 14.5 Å². The van der Waals surface area contributed by atoms with Gasteiger partial charge in [-0.05, 0) is 31.0 Å². The fraction of sp³-hybridized carbons (Fsp3) is 0.389. The fourth-order valence-corrected chi connectivity index (χ4v) is 4.54. The normalized spacial score (nSPS) is 19.9. The van der Waals surface area contributed by atoms with Crippen LogP contribution in [-0.4, -0.2) is 47.9 Å². The standard InChI is InChI=1S/C18H18BrN3O3S/c19-13-3-4-14-15(8-13)25-11-17(24)22(14)10-16(23)21-6-1-2-12(9-21)18-20-5-7-26-18/h3-5,7-8,12H,1-2,6,9-11H2. The van der Waals surface area contributed by atoms with Crippen LogP contribution in [0.1, 0.15) is 23.8 Å². The Morgan fingerprint density at radius 3 is 3.12 bits per heavy atom. The molecule has 1 fully saturated rings. The van der Waals surface area contributed by atoms with Crippen LogP contribution in [0, 0.1) is 0 Å². The molecule has 3 heterocycles. The van der Waals surface area contributed by atoms with Crippen LogP contribution in [0.25, 0.3) is 0 Å². The topological polar surface area (TPSA) is 62.7 Å². The van der Waals surface area contributed by atoms with Gasteiger partial charge in [0.25, 0.3) is 5.91 Å². The predicted octanol–water partition coefficient (Wildman–Crippen LogP) is 3.04. The summed E-state index contributed by atoms with van der Waals surface area (Å²) >= 11 is 5.04. The minimum Gasteiger partial charge on any atom is -0.482 e. The third kappa shape index (κ3) is 3.48. The molecule has 1 aromatic heterocycles. The average molecular weight is 436 g/mol. The molecule has 6 nitrogen and oxygen atoms in total. The van der Waals surface area contributed by atoms with Crippen molar-refractivity contribution in [3.8, 4) is 5.75 Å². The molecule has 1 aromatic carbocycles. The van der Waals surface area contributed by atoms with E-state index in [1.54, 1.807) is 17.4 Å². The molecule has 2 amide bonds. The number of amides is 2. The average Bonchev–Trinajstić information content (AvgIpc) is 3.19. The molecule has 8 heteroatoms. The van der Waals surface area contributed by atoms with Crippen molar-refractivity contribution in [1.82, 2.24) is 9.88 Å². The van der Waals surface area contributed by atoms with Gasteiger partial charge in [-0.1, -0.05) is 15.9 Å². The van der Waals surface area contributed by atoms with Crippen molar-refractivity contribution < 1.29 is 14.3 Å². The first-order valence-corrected chi connectivity index (χ1v) is 10.2. The lowest BCUT2D eigenvalue weighted by Gasteiger charge is -2.35. The lowest BCUT2D eigenvalue weighted by atomic mass is 9.98. The van der Waals surface area contributed by atoms with E-state index in [0.29, 0.717) is 18.0 Å². The summed E-state index contributed by atoms with van der Waals surface area (Å²) in [5.41, 5.74) is 0.645. The Morgan fingerprint density at radius 2 is 2.31 bits per heavy atom. The van der Waals surface area contributed by atoms with Gasteiger partial charge in [-0.2, -0.15) is 0 Å². The molecule has 2 aliphatic heterocycles. The molecule has 26 heavy (non-hydrogen) atoms. The van der Waals surface area contributed by atoms with E-state index in [2.05, 4.69) is 20.9 Å². The number of carbonyl (C=O) groups is 2. The third-order valence-corrected chi connectivity index (χ3v) is 6.16. The molecule has 1 atom stereocenters. The summed E-state index contributed by atoms with van der Waals surface area (Å²) < 4.78 is 6.36. The highest BCUT2D eigenvalue weighted by Crippen LogP contribution is 2.35. The maximum atomic E-state index is 12.9. The summed E-state index contributed by atoms with van der Waals surface area (Å²) in [6.07, 6.45) is 3.81. The molecule has 4 rings (SSSR count). The van der Waals surface area contributed by atoms with Crippen LogP contribution in [0.5, 0.6) is 5.75 Å². The van der Waals surface area contributed by atoms with E-state index in [-0.39, 0.29) is 30.9 Å². The largest absolute Gasteiger partial charge is 0.482 e. The summed E-state index contributed by atoms with van der Waals surface area (Å²) in [4.78, 5) is 33.0. The highest BCUT2D eigenvalue weighted by Gasteiger charge is 2.31. The zero-order valence-corrected chi connectivity index (χ0v) is 16.5. The van der Waals surface area contributed by atoms with Crippen molar-refractivity contribution in [1.29, 1.82) is 0 Å². The number of benzene rings is 1. The third-order valence-electron chi connectivity index (χ3n) is 4.73. The minimum atomic E-state index is -0.193. The van der Waals surface area contributed by atoms with Gasteiger partial charge in [-0.15, -0.1) is 11.3 Å². The fourth-order valence-electron chi connectivity index (χ4n) is 3.43. The number of hydrogen-bond acceptors (Lipinski definition) is 5. The number of rotatable bonds is 3. The van der Waals surface area contributed by atoms with E-state index in [0.717, 1.165) is 28.9 Å². The van der Waals surface area contributed by atoms with Gasteiger partial charge < -0.3 is 9.64 Å². The van der Waals surface area contributed by atoms with Crippen LogP contribution in [0.4, 0.5) is 5.69 Å². The first kappa shape index (κ1) is 17.5. The lowest BCUT2D eigenvalue weighted by molar-refractivity contribution is -0.133. The molecule has 1 unspecified atom stereocenters. The number of likely N-dealkylation sites (tertiary alicyclic amines) is 1. The van der Waals surface area contributed by atoms with E-state index in [4.69, 9.17) is 4.74 Å². The number of piperidine rings is 1. The smallest absolute Gasteiger partial charge is 0.265 e. The van der Waals surface area contributed by atoms with Gasteiger partial charge in [0.15, 0.2) is 6.61 Å². The first-order chi connectivity index (χ1) is 12.6. The number of hydrogen-bond donors (Lipinski definition) is 0. The molecule has 1 saturated heterocycles. The predicted molar refractivity (Wildman–Crippen MR) is 103 cm³/mol. The summed E-state index contributed by atoms with van der Waals surface area (Å²) in [6.45, 7) is 1.39. The highest BCUT2D eigenvalue weighted by atomic mass is 79.9. The molecular weight excluding hydrogens is 418 g/mol. The Bertz CT molecular complexity index is 827. The van der Waals surface area contributed by atoms with Gasteiger partial charge in [0.2, 0.25) is 5.91 Å². The summed E-state index contributed by atoms with van der Waals surface area (Å²) in [7, 11) is 0. The molecule has 2 aliphatic rings. The summed E-state index contributed by atoms with van der Waals surface area (Å²) in [5, 5.41) is 3.05. The molecule has 0 aliphatic carbocycles. The Labute approximate surface area is 163 Å². The van der Waals surface area contributed by atoms with Crippen molar-refractivity contribution in [3.05, 3.63) is 39.3 Å². The zero-order valence-electron chi connectivity index (χ0n) is 14.1. The SMILES string of the molecule is O=C(CN1C(=O)COc2cc(Br)ccc21)N1CCCC(c2nccs2)C1. The quantitative estimate of drug-likeness (QED) is 0.742. The van der Waals surface area contributed by atoms with E-state index in [1.165, 1.54) is 4.90 Å². The highest BCUT2D eigenvalue weighted by molar-refractivity contribution is 9.10. The van der Waals surface area contributed by atoms with Crippen molar-refractivity contribution in [2.45, 2.75) is 18.8 Å². The Morgan fingerprint density at radius 1 is 1.42 bits per heavy atom. The number of thiazole rings is 1. The van der Waals surface area contributed by atoms with Gasteiger partial charge in [0.1, 0.15) is 12.3 Å². The van der Waals surface area contributed by atoms with E-state index in [9.17, 15) is 9.59 Å². The number of nitrogens with zero attached hydrogens (tertiary/aromatic N) is 3. The Hall–Kier alpha value is -1.93. The van der Waals surface area contributed by atoms with E-state index < -0.39 is 0 Å². The number of fused-ring (bicyclic) bond motifs is 1. The van der Waals surface area contributed by atoms with Crippen LogP contribution in [0.3, 0.4) is 0 Å². The second kappa shape index (κ2) is 7.36. The van der Waals surface area contributed by atoms with Crippen LogP contribution in [0.15, 0.2) is 34.2 Å². The molecule has 136 valence electrons. The molecule has 0 bridgehead atoms. The summed E-state index contributed by atoms with van der Waals surface area (Å²) in [6, 6.07) is 5.47. The first-order valence-electron chi connectivity index (χ1n) is 8.51.